The SMILES string of the molecule is CCCCC1CCC(C(C)CC2CCC(c3ccc(OCC)c(F)c3F)CC2)CC1. The van der Waals surface area contributed by atoms with E-state index in [-0.39, 0.29) is 11.7 Å². The summed E-state index contributed by atoms with van der Waals surface area (Å²) in [5.41, 5.74) is 0.549. The van der Waals surface area contributed by atoms with Gasteiger partial charge in [0.15, 0.2) is 11.6 Å². The Hall–Kier alpha value is -1.12. The molecule has 0 amide bonds. The van der Waals surface area contributed by atoms with Gasteiger partial charge in [-0.2, -0.15) is 4.39 Å². The normalized spacial score (nSPS) is 28.3. The van der Waals surface area contributed by atoms with Gasteiger partial charge in [-0.15, -0.1) is 0 Å². The molecule has 2 aliphatic rings. The van der Waals surface area contributed by atoms with Gasteiger partial charge in [0.05, 0.1) is 6.61 Å². The third kappa shape index (κ3) is 5.98. The maximum absolute atomic E-state index is 14.6. The molecule has 0 aliphatic heterocycles. The molecule has 0 N–H and O–H groups in total. The molecule has 0 radical (unpaired) electrons. The average molecular weight is 421 g/mol. The van der Waals surface area contributed by atoms with Crippen LogP contribution in [0.25, 0.3) is 0 Å². The zero-order valence-corrected chi connectivity index (χ0v) is 19.4. The molecule has 2 aliphatic carbocycles. The number of halogens is 2. The number of hydrogen-bond acceptors (Lipinski definition) is 1. The van der Waals surface area contributed by atoms with E-state index in [9.17, 15) is 8.78 Å². The van der Waals surface area contributed by atoms with E-state index in [1.165, 1.54) is 51.4 Å². The molecule has 0 aromatic heterocycles. The molecule has 2 saturated carbocycles. The minimum absolute atomic E-state index is 0.0330. The summed E-state index contributed by atoms with van der Waals surface area (Å²) in [4.78, 5) is 0. The van der Waals surface area contributed by atoms with Gasteiger partial charge in [0.25, 0.3) is 0 Å². The first-order valence-corrected chi connectivity index (χ1v) is 12.6. The zero-order valence-electron chi connectivity index (χ0n) is 19.4. The summed E-state index contributed by atoms with van der Waals surface area (Å²) < 4.78 is 34.0. The molecular formula is C27H42F2O. The Balaban J connectivity index is 1.45. The quantitative estimate of drug-likeness (QED) is 0.388. The molecule has 3 heteroatoms. The van der Waals surface area contributed by atoms with Crippen molar-refractivity contribution in [2.24, 2.45) is 23.7 Å². The van der Waals surface area contributed by atoms with Crippen molar-refractivity contribution in [1.82, 2.24) is 0 Å². The van der Waals surface area contributed by atoms with Crippen molar-refractivity contribution in [3.05, 3.63) is 29.3 Å². The molecule has 30 heavy (non-hydrogen) atoms. The minimum Gasteiger partial charge on any atom is -0.491 e. The molecule has 170 valence electrons. The van der Waals surface area contributed by atoms with E-state index in [0.29, 0.717) is 12.2 Å². The van der Waals surface area contributed by atoms with Crippen molar-refractivity contribution in [2.75, 3.05) is 6.61 Å². The first-order chi connectivity index (χ1) is 14.5. The molecule has 2 fully saturated rings. The van der Waals surface area contributed by atoms with Gasteiger partial charge in [0, 0.05) is 0 Å². The summed E-state index contributed by atoms with van der Waals surface area (Å²) in [6, 6.07) is 3.34. The minimum atomic E-state index is -0.820. The molecule has 0 spiro atoms. The lowest BCUT2D eigenvalue weighted by molar-refractivity contribution is 0.168. The second kappa shape index (κ2) is 11.5. The molecule has 1 aromatic carbocycles. The summed E-state index contributed by atoms with van der Waals surface area (Å²) in [5, 5.41) is 0. The third-order valence-electron chi connectivity index (χ3n) is 8.03. The highest BCUT2D eigenvalue weighted by Gasteiger charge is 2.30. The summed E-state index contributed by atoms with van der Waals surface area (Å²) in [5.74, 6) is 2.10. The van der Waals surface area contributed by atoms with E-state index in [1.807, 2.05) is 0 Å². The lowest BCUT2D eigenvalue weighted by atomic mass is 9.70. The van der Waals surface area contributed by atoms with E-state index in [2.05, 4.69) is 13.8 Å². The van der Waals surface area contributed by atoms with E-state index in [0.717, 1.165) is 49.4 Å². The number of hydrogen-bond donors (Lipinski definition) is 0. The van der Waals surface area contributed by atoms with Crippen LogP contribution < -0.4 is 4.74 Å². The summed E-state index contributed by atoms with van der Waals surface area (Å²) >= 11 is 0. The fourth-order valence-corrected chi connectivity index (χ4v) is 6.10. The summed E-state index contributed by atoms with van der Waals surface area (Å²) in [7, 11) is 0. The van der Waals surface area contributed by atoms with Gasteiger partial charge in [-0.3, -0.25) is 0 Å². The van der Waals surface area contributed by atoms with Crippen LogP contribution in [0.3, 0.4) is 0 Å². The third-order valence-corrected chi connectivity index (χ3v) is 8.03. The van der Waals surface area contributed by atoms with E-state index in [1.54, 1.807) is 19.1 Å². The van der Waals surface area contributed by atoms with Crippen LogP contribution in [0.5, 0.6) is 5.75 Å². The Morgan fingerprint density at radius 3 is 2.20 bits per heavy atom. The predicted molar refractivity (Wildman–Crippen MR) is 121 cm³/mol. The fraction of sp³-hybridized carbons (Fsp3) is 0.778. The van der Waals surface area contributed by atoms with Gasteiger partial charge in [0.1, 0.15) is 0 Å². The topological polar surface area (TPSA) is 9.23 Å². The summed E-state index contributed by atoms with van der Waals surface area (Å²) in [6.45, 7) is 6.89. The molecule has 1 aromatic rings. The summed E-state index contributed by atoms with van der Waals surface area (Å²) in [6.07, 6.45) is 15.4. The van der Waals surface area contributed by atoms with Crippen LogP contribution in [0.1, 0.15) is 109 Å². The Morgan fingerprint density at radius 2 is 1.57 bits per heavy atom. The van der Waals surface area contributed by atoms with Crippen LogP contribution in [0, 0.1) is 35.3 Å². The van der Waals surface area contributed by atoms with Crippen molar-refractivity contribution in [3.8, 4) is 5.75 Å². The van der Waals surface area contributed by atoms with Gasteiger partial charge in [-0.1, -0.05) is 52.0 Å². The standard InChI is InChI=1S/C27H42F2O/c1-4-6-7-20-8-12-22(13-9-20)19(3)18-21-10-14-23(15-11-21)24-16-17-25(30-5-2)27(29)26(24)28/h16-17,19-23H,4-15,18H2,1-3H3. The van der Waals surface area contributed by atoms with Crippen molar-refractivity contribution in [2.45, 2.75) is 104 Å². The van der Waals surface area contributed by atoms with E-state index < -0.39 is 11.6 Å². The van der Waals surface area contributed by atoms with Crippen LogP contribution in [-0.4, -0.2) is 6.61 Å². The molecule has 0 saturated heterocycles. The molecule has 0 bridgehead atoms. The number of rotatable bonds is 9. The van der Waals surface area contributed by atoms with Gasteiger partial charge < -0.3 is 4.74 Å². The lowest BCUT2D eigenvalue weighted by Gasteiger charge is -2.36. The van der Waals surface area contributed by atoms with Crippen molar-refractivity contribution in [1.29, 1.82) is 0 Å². The number of ether oxygens (including phenoxy) is 1. The van der Waals surface area contributed by atoms with Crippen molar-refractivity contribution >= 4 is 0 Å². The Morgan fingerprint density at radius 1 is 0.900 bits per heavy atom. The Bertz CT molecular complexity index is 643. The second-order valence-electron chi connectivity index (χ2n) is 10.1. The van der Waals surface area contributed by atoms with Crippen LogP contribution in [0.15, 0.2) is 12.1 Å². The maximum atomic E-state index is 14.6. The highest BCUT2D eigenvalue weighted by Crippen LogP contribution is 2.43. The largest absolute Gasteiger partial charge is 0.491 e. The lowest BCUT2D eigenvalue weighted by Crippen LogP contribution is -2.23. The second-order valence-corrected chi connectivity index (χ2v) is 10.1. The van der Waals surface area contributed by atoms with Gasteiger partial charge >= 0.3 is 0 Å². The molecular weight excluding hydrogens is 378 g/mol. The average Bonchev–Trinajstić information content (AvgIpc) is 2.77. The Kier molecular flexibility index (Phi) is 9.01. The Labute approximate surface area is 183 Å². The predicted octanol–water partition coefficient (Wildman–Crippen LogP) is 8.66. The van der Waals surface area contributed by atoms with Gasteiger partial charge in [0.2, 0.25) is 5.82 Å². The monoisotopic (exact) mass is 420 g/mol. The molecule has 3 rings (SSSR count). The molecule has 1 atom stereocenters. The van der Waals surface area contributed by atoms with E-state index in [4.69, 9.17) is 4.74 Å². The van der Waals surface area contributed by atoms with Crippen LogP contribution in [0.4, 0.5) is 8.78 Å². The molecule has 1 nitrogen and oxygen atoms in total. The smallest absolute Gasteiger partial charge is 0.200 e. The fourth-order valence-electron chi connectivity index (χ4n) is 6.10. The highest BCUT2D eigenvalue weighted by atomic mass is 19.2. The number of unbranched alkanes of at least 4 members (excludes halogenated alkanes) is 1. The van der Waals surface area contributed by atoms with Crippen LogP contribution >= 0.6 is 0 Å². The maximum Gasteiger partial charge on any atom is 0.200 e. The first-order valence-electron chi connectivity index (χ1n) is 12.6. The molecule has 1 unspecified atom stereocenters. The highest BCUT2D eigenvalue weighted by molar-refractivity contribution is 5.33. The van der Waals surface area contributed by atoms with Crippen LogP contribution in [-0.2, 0) is 0 Å². The van der Waals surface area contributed by atoms with Crippen molar-refractivity contribution < 1.29 is 13.5 Å². The van der Waals surface area contributed by atoms with Crippen LogP contribution in [0.2, 0.25) is 0 Å². The zero-order chi connectivity index (χ0) is 21.5. The van der Waals surface area contributed by atoms with E-state index >= 15 is 0 Å². The van der Waals surface area contributed by atoms with Crippen molar-refractivity contribution in [3.63, 3.8) is 0 Å². The van der Waals surface area contributed by atoms with Gasteiger partial charge in [-0.05, 0) is 93.1 Å². The number of benzene rings is 1. The van der Waals surface area contributed by atoms with Gasteiger partial charge in [-0.25, -0.2) is 4.39 Å². The first kappa shape index (κ1) is 23.5. The molecule has 0 heterocycles.